The van der Waals surface area contributed by atoms with Crippen LogP contribution in [-0.2, 0) is 26.4 Å². The number of urea groups is 1. The zero-order chi connectivity index (χ0) is 24.8. The molecule has 0 bridgehead atoms. The van der Waals surface area contributed by atoms with Crippen molar-refractivity contribution in [3.8, 4) is 11.4 Å². The van der Waals surface area contributed by atoms with Crippen LogP contribution in [0.5, 0.6) is 0 Å². The van der Waals surface area contributed by atoms with Gasteiger partial charge in [-0.15, -0.1) is 10.2 Å². The molecule has 0 aliphatic carbocycles. The third-order valence-electron chi connectivity index (χ3n) is 5.63. The van der Waals surface area contributed by atoms with Crippen molar-refractivity contribution >= 4 is 29.6 Å². The van der Waals surface area contributed by atoms with Crippen LogP contribution in [-0.4, -0.2) is 62.1 Å². The van der Waals surface area contributed by atoms with E-state index in [4.69, 9.17) is 4.74 Å². The number of hydrazine groups is 1. The minimum Gasteiger partial charge on any atom is -0.383 e. The van der Waals surface area contributed by atoms with Crippen molar-refractivity contribution < 1.29 is 19.1 Å². The molecule has 1 unspecified atom stereocenters. The topological polar surface area (TPSA) is 131 Å². The van der Waals surface area contributed by atoms with Gasteiger partial charge in [0, 0.05) is 25.1 Å². The molecule has 2 aromatic heterocycles. The zero-order valence-corrected chi connectivity index (χ0v) is 20.1. The van der Waals surface area contributed by atoms with E-state index in [2.05, 4.69) is 25.9 Å². The molecule has 1 saturated heterocycles. The summed E-state index contributed by atoms with van der Waals surface area (Å²) in [6, 6.07) is 11.9. The number of amides is 4. The molecular weight excluding hydrogens is 470 g/mol. The zero-order valence-electron chi connectivity index (χ0n) is 19.3. The average molecular weight is 496 g/mol. The van der Waals surface area contributed by atoms with Crippen molar-refractivity contribution in [3.05, 3.63) is 60.4 Å². The summed E-state index contributed by atoms with van der Waals surface area (Å²) in [7, 11) is 1.60. The Hall–Kier alpha value is -3.77. The van der Waals surface area contributed by atoms with Gasteiger partial charge in [0.25, 0.3) is 5.91 Å². The van der Waals surface area contributed by atoms with Crippen molar-refractivity contribution in [2.24, 2.45) is 0 Å². The monoisotopic (exact) mass is 495 g/mol. The molecule has 1 aliphatic rings. The fourth-order valence-electron chi connectivity index (χ4n) is 3.82. The van der Waals surface area contributed by atoms with E-state index in [-0.39, 0.29) is 5.75 Å². The van der Waals surface area contributed by atoms with Gasteiger partial charge in [0.1, 0.15) is 5.54 Å². The van der Waals surface area contributed by atoms with E-state index >= 15 is 0 Å². The van der Waals surface area contributed by atoms with Gasteiger partial charge in [-0.1, -0.05) is 49.0 Å². The van der Waals surface area contributed by atoms with E-state index in [9.17, 15) is 14.4 Å². The summed E-state index contributed by atoms with van der Waals surface area (Å²) >= 11 is 1.15. The van der Waals surface area contributed by atoms with Gasteiger partial charge < -0.3 is 10.1 Å². The van der Waals surface area contributed by atoms with E-state index in [0.717, 1.165) is 22.3 Å². The first-order valence-electron chi connectivity index (χ1n) is 11.0. The molecule has 0 spiro atoms. The predicted octanol–water partition coefficient (Wildman–Crippen LogP) is 1.97. The van der Waals surface area contributed by atoms with Crippen LogP contribution in [0.15, 0.2) is 60.0 Å². The fraction of sp³-hybridized carbons (Fsp3) is 0.304. The maximum atomic E-state index is 13.2. The van der Waals surface area contributed by atoms with Gasteiger partial charge in [-0.3, -0.25) is 24.6 Å². The molecule has 2 N–H and O–H groups in total. The lowest BCUT2D eigenvalue weighted by Crippen LogP contribution is -2.49. The number of benzene rings is 1. The summed E-state index contributed by atoms with van der Waals surface area (Å²) in [5.74, 6) is -0.511. The van der Waals surface area contributed by atoms with Gasteiger partial charge in [0.05, 0.1) is 18.9 Å². The quantitative estimate of drug-likeness (QED) is 0.322. The third kappa shape index (κ3) is 4.88. The van der Waals surface area contributed by atoms with Gasteiger partial charge in [-0.25, -0.2) is 4.79 Å². The smallest absolute Gasteiger partial charge is 0.344 e. The Morgan fingerprint density at radius 1 is 1.14 bits per heavy atom. The van der Waals surface area contributed by atoms with Gasteiger partial charge >= 0.3 is 6.03 Å². The van der Waals surface area contributed by atoms with Crippen molar-refractivity contribution in [1.82, 2.24) is 35.5 Å². The number of carbonyl (C=O) groups excluding carboxylic acids is 3. The molecule has 1 aliphatic heterocycles. The first-order valence-corrected chi connectivity index (χ1v) is 12.0. The van der Waals surface area contributed by atoms with Gasteiger partial charge in [-0.05, 0) is 24.1 Å². The molecule has 3 aromatic rings. The summed E-state index contributed by atoms with van der Waals surface area (Å²) in [4.78, 5) is 42.5. The van der Waals surface area contributed by atoms with E-state index in [1.54, 1.807) is 50.7 Å². The molecule has 35 heavy (non-hydrogen) atoms. The molecule has 182 valence electrons. The van der Waals surface area contributed by atoms with Gasteiger partial charge in [-0.2, -0.15) is 5.01 Å². The second kappa shape index (κ2) is 10.7. The van der Waals surface area contributed by atoms with Crippen LogP contribution in [0.4, 0.5) is 4.79 Å². The van der Waals surface area contributed by atoms with E-state index in [0.29, 0.717) is 36.1 Å². The van der Waals surface area contributed by atoms with E-state index in [1.807, 2.05) is 22.8 Å². The number of ether oxygens (including phenoxy) is 1. The number of methoxy groups -OCH3 is 1. The maximum absolute atomic E-state index is 13.2. The fourth-order valence-corrected chi connectivity index (χ4v) is 4.58. The van der Waals surface area contributed by atoms with Crippen LogP contribution in [0.2, 0.25) is 0 Å². The van der Waals surface area contributed by atoms with Crippen molar-refractivity contribution in [2.45, 2.75) is 30.6 Å². The lowest BCUT2D eigenvalue weighted by atomic mass is 9.87. The lowest BCUT2D eigenvalue weighted by molar-refractivity contribution is -0.138. The second-order valence-electron chi connectivity index (χ2n) is 7.71. The Bertz CT molecular complexity index is 1210. The molecule has 1 fully saturated rings. The highest BCUT2D eigenvalue weighted by Crippen LogP contribution is 2.31. The van der Waals surface area contributed by atoms with Crippen molar-refractivity contribution in [1.29, 1.82) is 0 Å². The van der Waals surface area contributed by atoms with Crippen molar-refractivity contribution in [3.63, 3.8) is 0 Å². The number of hydrogen-bond acceptors (Lipinski definition) is 8. The van der Waals surface area contributed by atoms with Crippen LogP contribution in [0.1, 0.15) is 18.9 Å². The molecule has 4 amide bonds. The number of rotatable bonds is 10. The van der Waals surface area contributed by atoms with Crippen LogP contribution >= 0.6 is 11.8 Å². The molecule has 1 atom stereocenters. The number of thioether (sulfide) groups is 1. The van der Waals surface area contributed by atoms with Crippen LogP contribution in [0.3, 0.4) is 0 Å². The number of pyridine rings is 1. The van der Waals surface area contributed by atoms with Crippen LogP contribution in [0, 0.1) is 0 Å². The highest BCUT2D eigenvalue weighted by molar-refractivity contribution is 7.99. The van der Waals surface area contributed by atoms with Gasteiger partial charge in [0.15, 0.2) is 11.0 Å². The van der Waals surface area contributed by atoms with Crippen LogP contribution in [0.25, 0.3) is 11.4 Å². The summed E-state index contributed by atoms with van der Waals surface area (Å²) < 4.78 is 7.05. The van der Waals surface area contributed by atoms with Crippen molar-refractivity contribution in [2.75, 3.05) is 19.5 Å². The molecular formula is C23H25N7O4S. The molecule has 0 saturated carbocycles. The van der Waals surface area contributed by atoms with E-state index < -0.39 is 23.4 Å². The molecule has 11 nitrogen and oxygen atoms in total. The summed E-state index contributed by atoms with van der Waals surface area (Å²) in [5, 5.41) is 12.5. The normalized spacial score (nSPS) is 17.5. The Balaban J connectivity index is 1.45. The minimum atomic E-state index is -1.22. The SMILES string of the molecule is CCC1(c2ccccc2)NC(=O)N(NC(=O)CSc2nnc(-c3ccncc3)n2CCOC)C1=O. The average Bonchev–Trinajstić information content (AvgIpc) is 3.41. The molecule has 4 rings (SSSR count). The largest absolute Gasteiger partial charge is 0.383 e. The number of nitrogens with one attached hydrogen (secondary N) is 2. The Labute approximate surface area is 206 Å². The predicted molar refractivity (Wildman–Crippen MR) is 128 cm³/mol. The van der Waals surface area contributed by atoms with Crippen LogP contribution < -0.4 is 10.7 Å². The molecule has 1 aromatic carbocycles. The summed E-state index contributed by atoms with van der Waals surface area (Å²) in [6.07, 6.45) is 3.66. The van der Waals surface area contributed by atoms with Gasteiger partial charge in [0.2, 0.25) is 5.91 Å². The maximum Gasteiger partial charge on any atom is 0.344 e. The highest BCUT2D eigenvalue weighted by Gasteiger charge is 2.52. The summed E-state index contributed by atoms with van der Waals surface area (Å²) in [5.41, 5.74) is 2.69. The summed E-state index contributed by atoms with van der Waals surface area (Å²) in [6.45, 7) is 2.71. The Morgan fingerprint density at radius 3 is 2.57 bits per heavy atom. The number of hydrogen-bond donors (Lipinski definition) is 2. The number of carbonyl (C=O) groups is 3. The van der Waals surface area contributed by atoms with E-state index in [1.165, 1.54) is 0 Å². The number of nitrogens with zero attached hydrogens (tertiary/aromatic N) is 5. The lowest BCUT2D eigenvalue weighted by Gasteiger charge is -2.25. The first-order chi connectivity index (χ1) is 17.0. The second-order valence-corrected chi connectivity index (χ2v) is 8.65. The Morgan fingerprint density at radius 2 is 1.89 bits per heavy atom. The first kappa shape index (κ1) is 24.4. The molecule has 0 radical (unpaired) electrons. The standard InChI is InChI=1S/C23H25N7O4S/c1-3-23(17-7-5-4-6-8-17)20(32)30(21(33)25-23)28-18(31)15-35-22-27-26-19(29(22)13-14-34-2)16-9-11-24-12-10-16/h4-12H,3,13-15H2,1-2H3,(H,25,33)(H,28,31). The molecule has 12 heteroatoms. The molecule has 3 heterocycles. The number of aromatic nitrogens is 4. The number of imide groups is 1. The Kier molecular flexibility index (Phi) is 7.42. The highest BCUT2D eigenvalue weighted by atomic mass is 32.2. The minimum absolute atomic E-state index is 0.0804. The third-order valence-corrected chi connectivity index (χ3v) is 6.60.